The summed E-state index contributed by atoms with van der Waals surface area (Å²) in [5.74, 6) is 0.399. The molecule has 4 nitrogen and oxygen atoms in total. The van der Waals surface area contributed by atoms with Crippen molar-refractivity contribution >= 4 is 39.8 Å². The van der Waals surface area contributed by atoms with E-state index in [9.17, 15) is 4.79 Å². The van der Waals surface area contributed by atoms with Gasteiger partial charge in [-0.15, -0.1) is 11.8 Å². The van der Waals surface area contributed by atoms with Crippen LogP contribution in [0.5, 0.6) is 0 Å². The number of rotatable bonds is 5. The van der Waals surface area contributed by atoms with Gasteiger partial charge in [0, 0.05) is 29.4 Å². The fourth-order valence-electron chi connectivity index (χ4n) is 3.18. The van der Waals surface area contributed by atoms with E-state index in [2.05, 4.69) is 52.7 Å². The Morgan fingerprint density at radius 2 is 1.70 bits per heavy atom. The van der Waals surface area contributed by atoms with Crippen molar-refractivity contribution in [3.63, 3.8) is 0 Å². The third-order valence-corrected chi connectivity index (χ3v) is 5.61. The summed E-state index contributed by atoms with van der Waals surface area (Å²) in [6, 6.07) is 22.6. The van der Waals surface area contributed by atoms with Crippen LogP contribution >= 0.6 is 11.8 Å². The highest BCUT2D eigenvalue weighted by molar-refractivity contribution is 8.00. The van der Waals surface area contributed by atoms with Crippen LogP contribution in [-0.2, 0) is 9.53 Å². The average molecular weight is 378 g/mol. The van der Waals surface area contributed by atoms with Crippen LogP contribution in [0.15, 0.2) is 71.6 Å². The molecule has 3 aromatic carbocycles. The second kappa shape index (κ2) is 8.46. The Balaban J connectivity index is 1.31. The van der Waals surface area contributed by atoms with Crippen LogP contribution in [0.3, 0.4) is 0 Å². The van der Waals surface area contributed by atoms with Crippen LogP contribution in [0, 0.1) is 0 Å². The number of carbonyl (C=O) groups is 1. The number of thioether (sulfide) groups is 1. The van der Waals surface area contributed by atoms with Crippen molar-refractivity contribution in [1.82, 2.24) is 0 Å². The zero-order valence-corrected chi connectivity index (χ0v) is 15.9. The van der Waals surface area contributed by atoms with Crippen molar-refractivity contribution in [2.24, 2.45) is 0 Å². The number of ether oxygens (including phenoxy) is 1. The Labute approximate surface area is 163 Å². The summed E-state index contributed by atoms with van der Waals surface area (Å²) in [6.45, 7) is 3.36. The summed E-state index contributed by atoms with van der Waals surface area (Å²) in [4.78, 5) is 15.7. The van der Waals surface area contributed by atoms with Crippen molar-refractivity contribution in [3.05, 3.63) is 66.7 Å². The van der Waals surface area contributed by atoms with E-state index < -0.39 is 0 Å². The lowest BCUT2D eigenvalue weighted by Crippen LogP contribution is -2.36. The zero-order valence-electron chi connectivity index (χ0n) is 15.1. The molecule has 3 aromatic rings. The van der Waals surface area contributed by atoms with Gasteiger partial charge in [-0.3, -0.25) is 4.79 Å². The van der Waals surface area contributed by atoms with Gasteiger partial charge in [0.25, 0.3) is 0 Å². The van der Waals surface area contributed by atoms with Gasteiger partial charge in [0.05, 0.1) is 19.0 Å². The van der Waals surface area contributed by atoms with Gasteiger partial charge in [-0.1, -0.05) is 30.3 Å². The number of hydrogen-bond donors (Lipinski definition) is 1. The molecule has 0 atom stereocenters. The first-order chi connectivity index (χ1) is 13.3. The van der Waals surface area contributed by atoms with Crippen molar-refractivity contribution in [3.8, 4) is 0 Å². The smallest absolute Gasteiger partial charge is 0.234 e. The lowest BCUT2D eigenvalue weighted by atomic mass is 10.1. The maximum Gasteiger partial charge on any atom is 0.234 e. The number of nitrogens with one attached hydrogen (secondary N) is 1. The number of fused-ring (bicyclic) bond motifs is 1. The molecular weight excluding hydrogens is 356 g/mol. The fraction of sp³-hybridized carbons (Fsp3) is 0.227. The lowest BCUT2D eigenvalue weighted by molar-refractivity contribution is -0.113. The van der Waals surface area contributed by atoms with E-state index in [4.69, 9.17) is 4.74 Å². The van der Waals surface area contributed by atoms with Gasteiger partial charge in [-0.2, -0.15) is 0 Å². The molecule has 0 radical (unpaired) electrons. The summed E-state index contributed by atoms with van der Waals surface area (Å²) in [7, 11) is 0. The molecule has 0 spiro atoms. The first-order valence-electron chi connectivity index (χ1n) is 9.12. The van der Waals surface area contributed by atoms with E-state index in [1.54, 1.807) is 11.8 Å². The van der Waals surface area contributed by atoms with Gasteiger partial charge in [0.1, 0.15) is 0 Å². The van der Waals surface area contributed by atoms with Gasteiger partial charge >= 0.3 is 0 Å². The van der Waals surface area contributed by atoms with Gasteiger partial charge in [-0.25, -0.2) is 0 Å². The van der Waals surface area contributed by atoms with Crippen molar-refractivity contribution < 1.29 is 9.53 Å². The predicted octanol–water partition coefficient (Wildman–Crippen LogP) is 4.41. The number of anilines is 2. The van der Waals surface area contributed by atoms with Gasteiger partial charge < -0.3 is 15.0 Å². The van der Waals surface area contributed by atoms with Gasteiger partial charge in [0.2, 0.25) is 5.91 Å². The molecule has 138 valence electrons. The monoisotopic (exact) mass is 378 g/mol. The van der Waals surface area contributed by atoms with Crippen LogP contribution in [0.4, 0.5) is 11.4 Å². The third kappa shape index (κ3) is 4.62. The van der Waals surface area contributed by atoms with Crippen LogP contribution < -0.4 is 10.2 Å². The van der Waals surface area contributed by atoms with Gasteiger partial charge in [-0.05, 0) is 47.2 Å². The van der Waals surface area contributed by atoms with Crippen molar-refractivity contribution in [1.29, 1.82) is 0 Å². The van der Waals surface area contributed by atoms with E-state index in [-0.39, 0.29) is 5.91 Å². The zero-order chi connectivity index (χ0) is 18.5. The second-order valence-corrected chi connectivity index (χ2v) is 7.54. The topological polar surface area (TPSA) is 41.6 Å². The van der Waals surface area contributed by atoms with E-state index in [1.807, 2.05) is 24.3 Å². The Morgan fingerprint density at radius 1 is 0.963 bits per heavy atom. The maximum atomic E-state index is 12.3. The molecule has 0 unspecified atom stereocenters. The molecule has 4 rings (SSSR count). The van der Waals surface area contributed by atoms with Crippen LogP contribution in [0.2, 0.25) is 0 Å². The molecule has 5 heteroatoms. The molecule has 0 aromatic heterocycles. The SMILES string of the molecule is O=C(CSc1ccc2ccccc2c1)Nc1ccc(N2CCOCC2)cc1. The lowest BCUT2D eigenvalue weighted by Gasteiger charge is -2.28. The highest BCUT2D eigenvalue weighted by Gasteiger charge is 2.11. The van der Waals surface area contributed by atoms with Crippen LogP contribution in [0.25, 0.3) is 10.8 Å². The summed E-state index contributed by atoms with van der Waals surface area (Å²) < 4.78 is 5.38. The number of hydrogen-bond acceptors (Lipinski definition) is 4. The van der Waals surface area contributed by atoms with Crippen LogP contribution in [0.1, 0.15) is 0 Å². The van der Waals surface area contributed by atoms with E-state index in [0.717, 1.165) is 36.9 Å². The fourth-order valence-corrected chi connectivity index (χ4v) is 3.92. The molecular formula is C22H22N2O2S. The Morgan fingerprint density at radius 3 is 2.48 bits per heavy atom. The summed E-state index contributed by atoms with van der Waals surface area (Å²) >= 11 is 1.55. The minimum atomic E-state index is 0.00674. The molecule has 1 aliphatic heterocycles. The normalized spacial score (nSPS) is 14.3. The Bertz CT molecular complexity index is 921. The average Bonchev–Trinajstić information content (AvgIpc) is 2.73. The van der Waals surface area contributed by atoms with Crippen molar-refractivity contribution in [2.75, 3.05) is 42.3 Å². The number of nitrogens with zero attached hydrogens (tertiary/aromatic N) is 1. The number of benzene rings is 3. The molecule has 27 heavy (non-hydrogen) atoms. The summed E-state index contributed by atoms with van der Waals surface area (Å²) in [5, 5.41) is 5.39. The number of carbonyl (C=O) groups excluding carboxylic acids is 1. The molecule has 1 fully saturated rings. The molecule has 1 amide bonds. The molecule has 1 saturated heterocycles. The second-order valence-electron chi connectivity index (χ2n) is 6.49. The minimum Gasteiger partial charge on any atom is -0.378 e. The first-order valence-corrected chi connectivity index (χ1v) is 10.1. The molecule has 0 bridgehead atoms. The Hall–Kier alpha value is -2.50. The minimum absolute atomic E-state index is 0.00674. The van der Waals surface area contributed by atoms with E-state index in [1.165, 1.54) is 16.5 Å². The maximum absolute atomic E-state index is 12.3. The first kappa shape index (κ1) is 17.9. The highest BCUT2D eigenvalue weighted by atomic mass is 32.2. The molecule has 1 aliphatic rings. The molecule has 0 saturated carbocycles. The molecule has 1 N–H and O–H groups in total. The quantitative estimate of drug-likeness (QED) is 0.668. The summed E-state index contributed by atoms with van der Waals surface area (Å²) in [6.07, 6.45) is 0. The molecule has 1 heterocycles. The largest absolute Gasteiger partial charge is 0.378 e. The predicted molar refractivity (Wildman–Crippen MR) is 113 cm³/mol. The highest BCUT2D eigenvalue weighted by Crippen LogP contribution is 2.24. The standard InChI is InChI=1S/C22H22N2O2S/c25-22(16-27-21-10-5-17-3-1-2-4-18(17)15-21)23-19-6-8-20(9-7-19)24-11-13-26-14-12-24/h1-10,15H,11-14,16H2,(H,23,25). The van der Waals surface area contributed by atoms with Crippen molar-refractivity contribution in [2.45, 2.75) is 4.90 Å². The third-order valence-electron chi connectivity index (χ3n) is 4.62. The van der Waals surface area contributed by atoms with Crippen LogP contribution in [-0.4, -0.2) is 38.0 Å². The van der Waals surface area contributed by atoms with Gasteiger partial charge in [0.15, 0.2) is 0 Å². The number of amides is 1. The summed E-state index contributed by atoms with van der Waals surface area (Å²) in [5.41, 5.74) is 2.00. The van der Waals surface area contributed by atoms with E-state index >= 15 is 0 Å². The molecule has 0 aliphatic carbocycles. The Kier molecular flexibility index (Phi) is 5.61. The number of morpholine rings is 1. The van der Waals surface area contributed by atoms with E-state index in [0.29, 0.717) is 5.75 Å².